The number of benzene rings is 2. The first kappa shape index (κ1) is 16.3. The van der Waals surface area contributed by atoms with Crippen LogP contribution in [0.4, 0.5) is 5.69 Å². The molecule has 0 saturated heterocycles. The van der Waals surface area contributed by atoms with E-state index in [9.17, 15) is 9.59 Å². The monoisotopic (exact) mass is 333 g/mol. The van der Waals surface area contributed by atoms with Gasteiger partial charge in [0.1, 0.15) is 6.54 Å². The van der Waals surface area contributed by atoms with Gasteiger partial charge in [-0.3, -0.25) is 4.79 Å². The minimum absolute atomic E-state index is 0.0360. The summed E-state index contributed by atoms with van der Waals surface area (Å²) < 4.78 is 6.50. The van der Waals surface area contributed by atoms with E-state index in [2.05, 4.69) is 5.32 Å². The van der Waals surface area contributed by atoms with Gasteiger partial charge in [0.05, 0.1) is 24.3 Å². The molecule has 2 aromatic carbocycles. The number of methoxy groups -OCH3 is 1. The Hall–Kier alpha value is -3.59. The summed E-state index contributed by atoms with van der Waals surface area (Å²) >= 11 is 0. The number of para-hydroxylation sites is 1. The standard InChI is InChI=1S/C19H15N3O3/c1-25-19(24)16-11-22(17-8-3-2-7-15(16)17)12-18(23)21-14-6-4-5-13(9-14)10-20/h2-9,11H,12H2,1H3,(H,21,23). The lowest BCUT2D eigenvalue weighted by Gasteiger charge is -2.07. The molecule has 6 heteroatoms. The van der Waals surface area contributed by atoms with Gasteiger partial charge < -0.3 is 14.6 Å². The van der Waals surface area contributed by atoms with E-state index in [1.54, 1.807) is 35.0 Å². The summed E-state index contributed by atoms with van der Waals surface area (Å²) in [4.78, 5) is 24.3. The Labute approximate surface area is 144 Å². The largest absolute Gasteiger partial charge is 0.465 e. The minimum atomic E-state index is -0.447. The maximum absolute atomic E-state index is 12.3. The van der Waals surface area contributed by atoms with Crippen molar-refractivity contribution in [2.45, 2.75) is 6.54 Å². The van der Waals surface area contributed by atoms with Gasteiger partial charge in [0, 0.05) is 22.8 Å². The molecule has 0 aliphatic heterocycles. The van der Waals surface area contributed by atoms with Gasteiger partial charge in [-0.2, -0.15) is 5.26 Å². The van der Waals surface area contributed by atoms with Crippen molar-refractivity contribution in [3.8, 4) is 6.07 Å². The van der Waals surface area contributed by atoms with Gasteiger partial charge in [0.2, 0.25) is 5.91 Å². The summed E-state index contributed by atoms with van der Waals surface area (Å²) in [7, 11) is 1.32. The van der Waals surface area contributed by atoms with Gasteiger partial charge >= 0.3 is 5.97 Å². The number of carbonyl (C=O) groups excluding carboxylic acids is 2. The van der Waals surface area contributed by atoms with Crippen LogP contribution in [0.25, 0.3) is 10.9 Å². The summed E-state index contributed by atoms with van der Waals surface area (Å²) in [6.07, 6.45) is 1.61. The van der Waals surface area contributed by atoms with Crippen molar-refractivity contribution in [1.82, 2.24) is 4.57 Å². The smallest absolute Gasteiger partial charge is 0.340 e. The number of nitriles is 1. The molecule has 0 spiro atoms. The predicted molar refractivity (Wildman–Crippen MR) is 93.1 cm³/mol. The Morgan fingerprint density at radius 1 is 1.20 bits per heavy atom. The van der Waals surface area contributed by atoms with E-state index in [4.69, 9.17) is 10.00 Å². The number of amides is 1. The first-order chi connectivity index (χ1) is 12.1. The summed E-state index contributed by atoms with van der Waals surface area (Å²) in [6.45, 7) is 0.0360. The van der Waals surface area contributed by atoms with Crippen molar-refractivity contribution in [2.24, 2.45) is 0 Å². The van der Waals surface area contributed by atoms with E-state index in [0.29, 0.717) is 16.8 Å². The molecule has 124 valence electrons. The van der Waals surface area contributed by atoms with Crippen LogP contribution in [0.1, 0.15) is 15.9 Å². The van der Waals surface area contributed by atoms with Crippen LogP contribution in [-0.2, 0) is 16.1 Å². The van der Waals surface area contributed by atoms with Crippen molar-refractivity contribution in [3.63, 3.8) is 0 Å². The molecule has 1 amide bonds. The number of fused-ring (bicyclic) bond motifs is 1. The molecule has 0 aliphatic carbocycles. The zero-order valence-corrected chi connectivity index (χ0v) is 13.5. The van der Waals surface area contributed by atoms with Crippen molar-refractivity contribution in [2.75, 3.05) is 12.4 Å². The second kappa shape index (κ2) is 6.89. The second-order valence-corrected chi connectivity index (χ2v) is 5.42. The fourth-order valence-corrected chi connectivity index (χ4v) is 2.67. The van der Waals surface area contributed by atoms with Gasteiger partial charge in [-0.25, -0.2) is 4.79 Å². The van der Waals surface area contributed by atoms with Crippen molar-refractivity contribution < 1.29 is 14.3 Å². The molecular formula is C19H15N3O3. The third kappa shape index (κ3) is 3.35. The number of nitrogens with one attached hydrogen (secondary N) is 1. The van der Waals surface area contributed by atoms with E-state index in [-0.39, 0.29) is 12.5 Å². The van der Waals surface area contributed by atoms with Crippen LogP contribution in [0, 0.1) is 11.3 Å². The molecule has 0 bridgehead atoms. The quantitative estimate of drug-likeness (QED) is 0.744. The molecule has 0 radical (unpaired) electrons. The third-order valence-electron chi connectivity index (χ3n) is 3.78. The van der Waals surface area contributed by atoms with Crippen molar-refractivity contribution >= 4 is 28.5 Å². The van der Waals surface area contributed by atoms with Gasteiger partial charge in [-0.15, -0.1) is 0 Å². The highest BCUT2D eigenvalue weighted by molar-refractivity contribution is 6.05. The lowest BCUT2D eigenvalue weighted by atomic mass is 10.2. The fraction of sp³-hybridized carbons (Fsp3) is 0.105. The Kier molecular flexibility index (Phi) is 4.48. The number of carbonyl (C=O) groups is 2. The van der Waals surface area contributed by atoms with Crippen LogP contribution in [0.5, 0.6) is 0 Å². The minimum Gasteiger partial charge on any atom is -0.465 e. The van der Waals surface area contributed by atoms with Crippen molar-refractivity contribution in [1.29, 1.82) is 5.26 Å². The Morgan fingerprint density at radius 2 is 2.00 bits per heavy atom. The normalized spacial score (nSPS) is 10.2. The predicted octanol–water partition coefficient (Wildman–Crippen LogP) is 2.94. The molecular weight excluding hydrogens is 318 g/mol. The number of esters is 1. The number of rotatable bonds is 4. The van der Waals surface area contributed by atoms with Crippen LogP contribution < -0.4 is 5.32 Å². The summed E-state index contributed by atoms with van der Waals surface area (Å²) in [5.74, 6) is -0.704. The molecule has 1 aromatic heterocycles. The number of hydrogen-bond acceptors (Lipinski definition) is 4. The fourth-order valence-electron chi connectivity index (χ4n) is 2.67. The maximum Gasteiger partial charge on any atom is 0.340 e. The molecule has 0 atom stereocenters. The lowest BCUT2D eigenvalue weighted by molar-refractivity contribution is -0.116. The first-order valence-electron chi connectivity index (χ1n) is 7.58. The van der Waals surface area contributed by atoms with Gasteiger partial charge in [-0.05, 0) is 24.3 Å². The maximum atomic E-state index is 12.3. The first-order valence-corrected chi connectivity index (χ1v) is 7.58. The molecule has 1 heterocycles. The van der Waals surface area contributed by atoms with E-state index in [1.165, 1.54) is 7.11 Å². The molecule has 6 nitrogen and oxygen atoms in total. The molecule has 3 rings (SSSR count). The van der Waals surface area contributed by atoms with E-state index in [1.807, 2.05) is 30.3 Å². The average molecular weight is 333 g/mol. The number of nitrogens with zero attached hydrogens (tertiary/aromatic N) is 2. The molecule has 0 fully saturated rings. The molecule has 3 aromatic rings. The SMILES string of the molecule is COC(=O)c1cn(CC(=O)Nc2cccc(C#N)c2)c2ccccc12. The van der Waals surface area contributed by atoms with Crippen LogP contribution in [0.2, 0.25) is 0 Å². The van der Waals surface area contributed by atoms with E-state index < -0.39 is 5.97 Å². The second-order valence-electron chi connectivity index (χ2n) is 5.42. The van der Waals surface area contributed by atoms with Crippen LogP contribution in [0.3, 0.4) is 0 Å². The molecule has 0 unspecified atom stereocenters. The van der Waals surface area contributed by atoms with Gasteiger partial charge in [0.15, 0.2) is 0 Å². The van der Waals surface area contributed by atoms with Gasteiger partial charge in [0.25, 0.3) is 0 Å². The molecule has 0 aliphatic rings. The Balaban J connectivity index is 1.86. The van der Waals surface area contributed by atoms with Crippen LogP contribution >= 0.6 is 0 Å². The topological polar surface area (TPSA) is 84.1 Å². The highest BCUT2D eigenvalue weighted by Gasteiger charge is 2.16. The van der Waals surface area contributed by atoms with Crippen LogP contribution in [-0.4, -0.2) is 23.6 Å². The number of ether oxygens (including phenoxy) is 1. The highest BCUT2D eigenvalue weighted by Crippen LogP contribution is 2.22. The summed E-state index contributed by atoms with van der Waals surface area (Å²) in [5, 5.41) is 12.4. The van der Waals surface area contributed by atoms with E-state index in [0.717, 1.165) is 10.9 Å². The molecule has 0 saturated carbocycles. The zero-order chi connectivity index (χ0) is 17.8. The number of anilines is 1. The number of hydrogen-bond donors (Lipinski definition) is 1. The zero-order valence-electron chi connectivity index (χ0n) is 13.5. The Bertz CT molecular complexity index is 999. The average Bonchev–Trinajstić information content (AvgIpc) is 3.00. The molecule has 25 heavy (non-hydrogen) atoms. The third-order valence-corrected chi connectivity index (χ3v) is 3.78. The summed E-state index contributed by atoms with van der Waals surface area (Å²) in [5.41, 5.74) is 2.20. The van der Waals surface area contributed by atoms with Crippen LogP contribution in [0.15, 0.2) is 54.7 Å². The highest BCUT2D eigenvalue weighted by atomic mass is 16.5. The molecule has 1 N–H and O–H groups in total. The number of aromatic nitrogens is 1. The summed E-state index contributed by atoms with van der Waals surface area (Å²) in [6, 6.07) is 16.0. The lowest BCUT2D eigenvalue weighted by Crippen LogP contribution is -2.18. The van der Waals surface area contributed by atoms with E-state index >= 15 is 0 Å². The van der Waals surface area contributed by atoms with Crippen molar-refractivity contribution in [3.05, 3.63) is 65.9 Å². The Morgan fingerprint density at radius 3 is 2.76 bits per heavy atom. The van der Waals surface area contributed by atoms with Gasteiger partial charge in [-0.1, -0.05) is 24.3 Å².